The molecule has 0 aliphatic rings. The van der Waals surface area contributed by atoms with Gasteiger partial charge in [-0.3, -0.25) is 0 Å². The van der Waals surface area contributed by atoms with E-state index in [-0.39, 0.29) is 11.9 Å². The van der Waals surface area contributed by atoms with Crippen LogP contribution < -0.4 is 10.1 Å². The van der Waals surface area contributed by atoms with Crippen LogP contribution in [0.1, 0.15) is 45.2 Å². The largest absolute Gasteiger partial charge is 0.475 e. The molecule has 0 saturated heterocycles. The molecule has 0 saturated carbocycles. The Bertz CT molecular complexity index is 442. The lowest BCUT2D eigenvalue weighted by atomic mass is 10.1. The normalized spacial score (nSPS) is 13.6. The zero-order valence-electron chi connectivity index (χ0n) is 11.7. The van der Waals surface area contributed by atoms with E-state index in [0.717, 1.165) is 18.5 Å². The maximum absolute atomic E-state index is 13.4. The molecule has 2 atom stereocenters. The summed E-state index contributed by atoms with van der Waals surface area (Å²) in [5.74, 6) is 0.281. The molecule has 0 aromatic heterocycles. The summed E-state index contributed by atoms with van der Waals surface area (Å²) in [7, 11) is 0. The van der Waals surface area contributed by atoms with Gasteiger partial charge in [0.2, 0.25) is 0 Å². The van der Waals surface area contributed by atoms with Gasteiger partial charge < -0.3 is 10.1 Å². The third-order valence-electron chi connectivity index (χ3n) is 2.92. The topological polar surface area (TPSA) is 45.0 Å². The van der Waals surface area contributed by atoms with Crippen molar-refractivity contribution in [2.24, 2.45) is 0 Å². The third kappa shape index (κ3) is 4.53. The number of hydrogen-bond donors (Lipinski definition) is 1. The Morgan fingerprint density at radius 2 is 2.16 bits per heavy atom. The molecule has 1 N–H and O–H groups in total. The van der Waals surface area contributed by atoms with Crippen molar-refractivity contribution in [3.63, 3.8) is 0 Å². The first-order valence-corrected chi connectivity index (χ1v) is 6.71. The molecule has 1 rings (SSSR count). The Kier molecular flexibility index (Phi) is 6.31. The number of hydrogen-bond acceptors (Lipinski definition) is 3. The zero-order valence-corrected chi connectivity index (χ0v) is 11.7. The standard InChI is InChI=1S/C15H21FN2O/c1-4-8-18-11(3)14-9-12(16)6-7-15(14)19-13(5-2)10-17/h6-7,9,11,13,18H,4-5,8H2,1-3H3. The highest BCUT2D eigenvalue weighted by atomic mass is 19.1. The van der Waals surface area contributed by atoms with E-state index in [2.05, 4.69) is 18.3 Å². The van der Waals surface area contributed by atoms with Crippen LogP contribution >= 0.6 is 0 Å². The molecular formula is C15H21FN2O. The number of halogens is 1. The monoisotopic (exact) mass is 264 g/mol. The van der Waals surface area contributed by atoms with Crippen molar-refractivity contribution >= 4 is 0 Å². The van der Waals surface area contributed by atoms with E-state index in [0.29, 0.717) is 12.2 Å². The highest BCUT2D eigenvalue weighted by Crippen LogP contribution is 2.27. The fraction of sp³-hybridized carbons (Fsp3) is 0.533. The minimum Gasteiger partial charge on any atom is -0.475 e. The first-order chi connectivity index (χ1) is 9.12. The molecule has 1 aromatic carbocycles. The summed E-state index contributed by atoms with van der Waals surface area (Å²) < 4.78 is 19.0. The minimum atomic E-state index is -0.498. The van der Waals surface area contributed by atoms with Crippen LogP contribution in [0, 0.1) is 17.1 Å². The van der Waals surface area contributed by atoms with Crippen LogP contribution in [0.5, 0.6) is 5.75 Å². The Morgan fingerprint density at radius 1 is 1.42 bits per heavy atom. The van der Waals surface area contributed by atoms with Crippen molar-refractivity contribution < 1.29 is 9.13 Å². The van der Waals surface area contributed by atoms with Gasteiger partial charge in [0.1, 0.15) is 17.6 Å². The van der Waals surface area contributed by atoms with Gasteiger partial charge in [-0.05, 0) is 44.5 Å². The van der Waals surface area contributed by atoms with Crippen LogP contribution in [-0.4, -0.2) is 12.6 Å². The molecule has 0 aliphatic carbocycles. The lowest BCUT2D eigenvalue weighted by molar-refractivity contribution is 0.247. The van der Waals surface area contributed by atoms with Gasteiger partial charge in [-0.15, -0.1) is 0 Å². The smallest absolute Gasteiger partial charge is 0.184 e. The average Bonchev–Trinajstić information content (AvgIpc) is 2.43. The van der Waals surface area contributed by atoms with Crippen LogP contribution in [-0.2, 0) is 0 Å². The fourth-order valence-electron chi connectivity index (χ4n) is 1.79. The lowest BCUT2D eigenvalue weighted by Gasteiger charge is -2.19. The molecule has 0 bridgehead atoms. The first-order valence-electron chi connectivity index (χ1n) is 6.71. The molecule has 19 heavy (non-hydrogen) atoms. The van der Waals surface area contributed by atoms with Crippen molar-refractivity contribution in [2.45, 2.75) is 45.8 Å². The van der Waals surface area contributed by atoms with E-state index >= 15 is 0 Å². The van der Waals surface area contributed by atoms with E-state index in [1.54, 1.807) is 6.07 Å². The van der Waals surface area contributed by atoms with Gasteiger partial charge in [0.05, 0.1) is 0 Å². The number of nitrogens with zero attached hydrogens (tertiary/aromatic N) is 1. The van der Waals surface area contributed by atoms with Gasteiger partial charge in [-0.25, -0.2) is 4.39 Å². The van der Waals surface area contributed by atoms with Gasteiger partial charge in [-0.1, -0.05) is 13.8 Å². The molecule has 0 fully saturated rings. The van der Waals surface area contributed by atoms with Crippen LogP contribution in [0.3, 0.4) is 0 Å². The molecule has 0 amide bonds. The average molecular weight is 264 g/mol. The third-order valence-corrected chi connectivity index (χ3v) is 2.92. The van der Waals surface area contributed by atoms with E-state index < -0.39 is 6.10 Å². The number of nitrogens with one attached hydrogen (secondary N) is 1. The van der Waals surface area contributed by atoms with Crippen LogP contribution in [0.4, 0.5) is 4.39 Å². The molecule has 3 nitrogen and oxygen atoms in total. The Labute approximate surface area is 114 Å². The maximum atomic E-state index is 13.4. The Hall–Kier alpha value is -1.60. The second-order valence-electron chi connectivity index (χ2n) is 4.50. The van der Waals surface area contributed by atoms with Gasteiger partial charge in [0, 0.05) is 11.6 Å². The zero-order chi connectivity index (χ0) is 14.3. The molecule has 0 aliphatic heterocycles. The fourth-order valence-corrected chi connectivity index (χ4v) is 1.79. The summed E-state index contributed by atoms with van der Waals surface area (Å²) in [5.41, 5.74) is 0.752. The second-order valence-corrected chi connectivity index (χ2v) is 4.50. The number of ether oxygens (including phenoxy) is 1. The van der Waals surface area contributed by atoms with Crippen molar-refractivity contribution in [1.29, 1.82) is 5.26 Å². The van der Waals surface area contributed by atoms with Crippen molar-refractivity contribution in [3.8, 4) is 11.8 Å². The van der Waals surface area contributed by atoms with Gasteiger partial charge >= 0.3 is 0 Å². The number of nitriles is 1. The van der Waals surface area contributed by atoms with Gasteiger partial charge in [0.15, 0.2) is 6.10 Å². The lowest BCUT2D eigenvalue weighted by Crippen LogP contribution is -2.21. The molecular weight excluding hydrogens is 243 g/mol. The van der Waals surface area contributed by atoms with Crippen molar-refractivity contribution in [3.05, 3.63) is 29.6 Å². The molecule has 104 valence electrons. The first kappa shape index (κ1) is 15.5. The summed E-state index contributed by atoms with van der Waals surface area (Å²) in [6.45, 7) is 6.78. The number of benzene rings is 1. The second kappa shape index (κ2) is 7.75. The van der Waals surface area contributed by atoms with Crippen LogP contribution in [0.2, 0.25) is 0 Å². The predicted molar refractivity (Wildman–Crippen MR) is 73.4 cm³/mol. The summed E-state index contributed by atoms with van der Waals surface area (Å²) in [6.07, 6.45) is 1.11. The minimum absolute atomic E-state index is 0.0122. The van der Waals surface area contributed by atoms with E-state index in [1.165, 1.54) is 12.1 Å². The molecule has 1 aromatic rings. The molecule has 0 spiro atoms. The molecule has 0 heterocycles. The van der Waals surface area contributed by atoms with E-state index in [4.69, 9.17) is 10.00 Å². The highest BCUT2D eigenvalue weighted by Gasteiger charge is 2.15. The Balaban J connectivity index is 2.94. The summed E-state index contributed by atoms with van der Waals surface area (Å²) in [5, 5.41) is 12.2. The molecule has 0 radical (unpaired) electrons. The Morgan fingerprint density at radius 3 is 2.74 bits per heavy atom. The SMILES string of the molecule is CCCNC(C)c1cc(F)ccc1OC(C#N)CC. The summed E-state index contributed by atoms with van der Waals surface area (Å²) >= 11 is 0. The number of rotatable bonds is 7. The van der Waals surface area contributed by atoms with E-state index in [1.807, 2.05) is 13.8 Å². The van der Waals surface area contributed by atoms with Crippen molar-refractivity contribution in [2.75, 3.05) is 6.54 Å². The van der Waals surface area contributed by atoms with E-state index in [9.17, 15) is 4.39 Å². The quantitative estimate of drug-likeness (QED) is 0.819. The molecule has 2 unspecified atom stereocenters. The van der Waals surface area contributed by atoms with Crippen LogP contribution in [0.25, 0.3) is 0 Å². The maximum Gasteiger partial charge on any atom is 0.184 e. The van der Waals surface area contributed by atoms with Crippen molar-refractivity contribution in [1.82, 2.24) is 5.32 Å². The van der Waals surface area contributed by atoms with Gasteiger partial charge in [0.25, 0.3) is 0 Å². The van der Waals surface area contributed by atoms with Gasteiger partial charge in [-0.2, -0.15) is 5.26 Å². The summed E-state index contributed by atoms with van der Waals surface area (Å²) in [6, 6.07) is 6.49. The van der Waals surface area contributed by atoms with Crippen LogP contribution in [0.15, 0.2) is 18.2 Å². The predicted octanol–water partition coefficient (Wildman–Crippen LogP) is 3.57. The molecule has 4 heteroatoms. The highest BCUT2D eigenvalue weighted by molar-refractivity contribution is 5.36. The summed E-state index contributed by atoms with van der Waals surface area (Å²) in [4.78, 5) is 0.